The lowest BCUT2D eigenvalue weighted by Gasteiger charge is -2.02. The summed E-state index contributed by atoms with van der Waals surface area (Å²) in [6.07, 6.45) is 3.42. The van der Waals surface area contributed by atoms with Crippen LogP contribution in [-0.4, -0.2) is 28.6 Å². The number of fused-ring (bicyclic) bond motifs is 1. The maximum Gasteiger partial charge on any atom is 0.290 e. The van der Waals surface area contributed by atoms with Gasteiger partial charge in [0.2, 0.25) is 0 Å². The standard InChI is InChI=1S/C18H18N4O2/c1-12-8-9-22-16(10-12)20-13(2)17(22)18(23)21-19-11-14-4-6-15(24-3)7-5-14/h4-11H,1-3H3,(H,21,23). The zero-order chi connectivity index (χ0) is 17.1. The quantitative estimate of drug-likeness (QED) is 0.593. The Morgan fingerprint density at radius 1 is 1.25 bits per heavy atom. The zero-order valence-corrected chi connectivity index (χ0v) is 13.8. The van der Waals surface area contributed by atoms with Crippen LogP contribution < -0.4 is 10.2 Å². The van der Waals surface area contributed by atoms with Gasteiger partial charge in [-0.15, -0.1) is 0 Å². The van der Waals surface area contributed by atoms with Gasteiger partial charge in [0.1, 0.15) is 17.1 Å². The highest BCUT2D eigenvalue weighted by atomic mass is 16.5. The lowest BCUT2D eigenvalue weighted by atomic mass is 10.2. The number of imidazole rings is 1. The number of aryl methyl sites for hydroxylation is 2. The minimum Gasteiger partial charge on any atom is -0.497 e. The SMILES string of the molecule is COc1ccc(C=NNC(=O)c2c(C)nc3cc(C)ccn23)cc1. The number of pyridine rings is 1. The third-order valence-electron chi connectivity index (χ3n) is 3.67. The van der Waals surface area contributed by atoms with Crippen molar-refractivity contribution in [2.24, 2.45) is 5.10 Å². The summed E-state index contributed by atoms with van der Waals surface area (Å²) in [6.45, 7) is 3.80. The number of hydrazone groups is 1. The van der Waals surface area contributed by atoms with E-state index in [1.54, 1.807) is 17.7 Å². The summed E-state index contributed by atoms with van der Waals surface area (Å²) >= 11 is 0. The van der Waals surface area contributed by atoms with Crippen molar-refractivity contribution in [3.63, 3.8) is 0 Å². The van der Waals surface area contributed by atoms with E-state index in [1.165, 1.54) is 0 Å². The van der Waals surface area contributed by atoms with Crippen LogP contribution in [0.1, 0.15) is 27.3 Å². The fourth-order valence-electron chi connectivity index (χ4n) is 2.45. The topological polar surface area (TPSA) is 68.0 Å². The summed E-state index contributed by atoms with van der Waals surface area (Å²) in [5.41, 5.74) is 6.40. The normalized spacial score (nSPS) is 11.1. The molecular weight excluding hydrogens is 304 g/mol. The molecule has 0 spiro atoms. The van der Waals surface area contributed by atoms with Crippen LogP contribution in [0.4, 0.5) is 0 Å². The van der Waals surface area contributed by atoms with E-state index in [0.717, 1.165) is 22.5 Å². The van der Waals surface area contributed by atoms with E-state index in [1.807, 2.05) is 56.4 Å². The second kappa shape index (κ2) is 6.54. The monoisotopic (exact) mass is 322 g/mol. The van der Waals surface area contributed by atoms with Crippen molar-refractivity contribution in [2.75, 3.05) is 7.11 Å². The van der Waals surface area contributed by atoms with Gasteiger partial charge in [0.05, 0.1) is 19.0 Å². The lowest BCUT2D eigenvalue weighted by Crippen LogP contribution is -2.20. The van der Waals surface area contributed by atoms with Gasteiger partial charge in [-0.25, -0.2) is 10.4 Å². The Bertz CT molecular complexity index is 911. The maximum absolute atomic E-state index is 12.4. The van der Waals surface area contributed by atoms with Crippen LogP contribution in [0.25, 0.3) is 5.65 Å². The molecule has 122 valence electrons. The van der Waals surface area contributed by atoms with Crippen molar-refractivity contribution in [1.82, 2.24) is 14.8 Å². The van der Waals surface area contributed by atoms with Crippen molar-refractivity contribution in [3.05, 3.63) is 65.1 Å². The van der Waals surface area contributed by atoms with Gasteiger partial charge < -0.3 is 4.74 Å². The van der Waals surface area contributed by atoms with Gasteiger partial charge in [0.25, 0.3) is 5.91 Å². The number of carbonyl (C=O) groups excluding carboxylic acids is 1. The van der Waals surface area contributed by atoms with Crippen LogP contribution >= 0.6 is 0 Å². The number of benzene rings is 1. The van der Waals surface area contributed by atoms with Crippen molar-refractivity contribution in [1.29, 1.82) is 0 Å². The van der Waals surface area contributed by atoms with Crippen LogP contribution in [0.5, 0.6) is 5.75 Å². The fraction of sp³-hybridized carbons (Fsp3) is 0.167. The first-order chi connectivity index (χ1) is 11.6. The van der Waals surface area contributed by atoms with Crippen LogP contribution in [0.15, 0.2) is 47.7 Å². The molecule has 3 aromatic rings. The summed E-state index contributed by atoms with van der Waals surface area (Å²) in [5, 5.41) is 4.01. The van der Waals surface area contributed by atoms with E-state index in [-0.39, 0.29) is 5.91 Å². The number of nitrogens with zero attached hydrogens (tertiary/aromatic N) is 3. The lowest BCUT2D eigenvalue weighted by molar-refractivity contribution is 0.0948. The van der Waals surface area contributed by atoms with Crippen LogP contribution in [0.2, 0.25) is 0 Å². The molecule has 2 heterocycles. The molecule has 0 fully saturated rings. The van der Waals surface area contributed by atoms with E-state index in [9.17, 15) is 4.79 Å². The number of carbonyl (C=O) groups is 1. The molecule has 1 N–H and O–H groups in total. The van der Waals surface area contributed by atoms with Crippen LogP contribution in [-0.2, 0) is 0 Å². The molecule has 0 aliphatic heterocycles. The zero-order valence-electron chi connectivity index (χ0n) is 13.8. The average molecular weight is 322 g/mol. The third kappa shape index (κ3) is 3.12. The molecule has 0 radical (unpaired) electrons. The fourth-order valence-corrected chi connectivity index (χ4v) is 2.45. The van der Waals surface area contributed by atoms with E-state index < -0.39 is 0 Å². The Hall–Kier alpha value is -3.15. The van der Waals surface area contributed by atoms with Crippen molar-refractivity contribution < 1.29 is 9.53 Å². The van der Waals surface area contributed by atoms with E-state index in [0.29, 0.717) is 11.4 Å². The van der Waals surface area contributed by atoms with Crippen LogP contribution in [0.3, 0.4) is 0 Å². The Kier molecular flexibility index (Phi) is 4.29. The molecule has 1 amide bonds. The molecule has 2 aromatic heterocycles. The minimum atomic E-state index is -0.298. The molecular formula is C18H18N4O2. The Balaban J connectivity index is 1.77. The first-order valence-corrected chi connectivity index (χ1v) is 7.51. The molecule has 0 saturated heterocycles. The maximum atomic E-state index is 12.4. The number of rotatable bonds is 4. The highest BCUT2D eigenvalue weighted by Gasteiger charge is 2.15. The van der Waals surface area contributed by atoms with Gasteiger partial charge in [0, 0.05) is 6.20 Å². The first kappa shape index (κ1) is 15.7. The summed E-state index contributed by atoms with van der Waals surface area (Å²) in [6, 6.07) is 11.3. The number of amides is 1. The molecule has 0 aliphatic rings. The molecule has 6 heteroatoms. The Morgan fingerprint density at radius 3 is 2.71 bits per heavy atom. The van der Waals surface area contributed by atoms with Gasteiger partial charge >= 0.3 is 0 Å². The van der Waals surface area contributed by atoms with Gasteiger partial charge in [-0.05, 0) is 61.4 Å². The Labute approximate surface area is 139 Å². The first-order valence-electron chi connectivity index (χ1n) is 7.51. The minimum absolute atomic E-state index is 0.298. The number of hydrogen-bond donors (Lipinski definition) is 1. The molecule has 0 aliphatic carbocycles. The summed E-state index contributed by atoms with van der Waals surface area (Å²) in [4.78, 5) is 16.8. The summed E-state index contributed by atoms with van der Waals surface area (Å²) < 4.78 is 6.86. The number of hydrogen-bond acceptors (Lipinski definition) is 4. The summed E-state index contributed by atoms with van der Waals surface area (Å²) in [5.74, 6) is 0.474. The van der Waals surface area contributed by atoms with Crippen LogP contribution in [0, 0.1) is 13.8 Å². The molecule has 6 nitrogen and oxygen atoms in total. The van der Waals surface area contributed by atoms with E-state index >= 15 is 0 Å². The molecule has 0 bridgehead atoms. The van der Waals surface area contributed by atoms with Crippen molar-refractivity contribution in [2.45, 2.75) is 13.8 Å². The van der Waals surface area contributed by atoms with Gasteiger partial charge in [-0.3, -0.25) is 9.20 Å². The van der Waals surface area contributed by atoms with E-state index in [4.69, 9.17) is 4.74 Å². The Morgan fingerprint density at radius 2 is 2.00 bits per heavy atom. The predicted molar refractivity (Wildman–Crippen MR) is 92.7 cm³/mol. The van der Waals surface area contributed by atoms with Gasteiger partial charge in [0.15, 0.2) is 0 Å². The van der Waals surface area contributed by atoms with Crippen molar-refractivity contribution >= 4 is 17.8 Å². The molecule has 24 heavy (non-hydrogen) atoms. The largest absolute Gasteiger partial charge is 0.497 e. The van der Waals surface area contributed by atoms with E-state index in [2.05, 4.69) is 15.5 Å². The molecule has 1 aromatic carbocycles. The predicted octanol–water partition coefficient (Wildman–Crippen LogP) is 2.72. The second-order valence-electron chi connectivity index (χ2n) is 5.45. The molecule has 0 atom stereocenters. The molecule has 0 unspecified atom stereocenters. The highest BCUT2D eigenvalue weighted by molar-refractivity contribution is 5.95. The number of aromatic nitrogens is 2. The summed E-state index contributed by atoms with van der Waals surface area (Å²) in [7, 11) is 1.61. The number of methoxy groups -OCH3 is 1. The molecule has 3 rings (SSSR count). The van der Waals surface area contributed by atoms with Gasteiger partial charge in [-0.1, -0.05) is 0 Å². The second-order valence-corrected chi connectivity index (χ2v) is 5.45. The van der Waals surface area contributed by atoms with Gasteiger partial charge in [-0.2, -0.15) is 5.10 Å². The van der Waals surface area contributed by atoms with Crippen molar-refractivity contribution in [3.8, 4) is 5.75 Å². The molecule has 0 saturated carbocycles. The third-order valence-corrected chi connectivity index (χ3v) is 3.67. The number of nitrogens with one attached hydrogen (secondary N) is 1. The number of ether oxygens (including phenoxy) is 1. The highest BCUT2D eigenvalue weighted by Crippen LogP contribution is 2.13. The average Bonchev–Trinajstić information content (AvgIpc) is 2.90. The smallest absolute Gasteiger partial charge is 0.290 e.